The zero-order valence-corrected chi connectivity index (χ0v) is 13.9. The maximum atomic E-state index is 13.3. The first-order valence-corrected chi connectivity index (χ1v) is 7.66. The summed E-state index contributed by atoms with van der Waals surface area (Å²) in [6, 6.07) is 6.66. The number of nitrogens with zero attached hydrogens (tertiary/aromatic N) is 2. The van der Waals surface area contributed by atoms with Crippen molar-refractivity contribution in [2.24, 2.45) is 0 Å². The van der Waals surface area contributed by atoms with Gasteiger partial charge in [0.1, 0.15) is 5.83 Å². The van der Waals surface area contributed by atoms with Gasteiger partial charge in [-0.15, -0.1) is 0 Å². The normalized spacial score (nSPS) is 13.0. The molecule has 0 bridgehead atoms. The Kier molecular flexibility index (Phi) is 6.23. The monoisotopic (exact) mass is 338 g/mol. The van der Waals surface area contributed by atoms with Crippen LogP contribution in [0.2, 0.25) is 0 Å². The van der Waals surface area contributed by atoms with Gasteiger partial charge in [-0.3, -0.25) is 0 Å². The summed E-state index contributed by atoms with van der Waals surface area (Å²) >= 11 is 0. The predicted molar refractivity (Wildman–Crippen MR) is 96.8 cm³/mol. The molecule has 0 aliphatic rings. The number of benzene rings is 1. The third kappa shape index (κ3) is 5.42. The second-order valence-corrected chi connectivity index (χ2v) is 5.44. The van der Waals surface area contributed by atoms with E-state index in [4.69, 9.17) is 5.11 Å². The molecule has 0 saturated heterocycles. The standard InChI is InChI=1S/C20H19FN2O2/c1-3-19(21)8-7-15(2)18(13-23-10-9-22-14-23)12-16-5-4-6-17(11-16)20(24)25/h3-12,14H,1,13H2,2H3,(H,24,25)/b15-7+,18-12-,19-8+. The lowest BCUT2D eigenvalue weighted by molar-refractivity contribution is 0.0697. The van der Waals surface area contributed by atoms with Crippen LogP contribution >= 0.6 is 0 Å². The zero-order chi connectivity index (χ0) is 18.2. The summed E-state index contributed by atoms with van der Waals surface area (Å²) in [6.45, 7) is 5.79. The summed E-state index contributed by atoms with van der Waals surface area (Å²) < 4.78 is 15.2. The summed E-state index contributed by atoms with van der Waals surface area (Å²) in [6.07, 6.45) is 11.2. The molecule has 0 radical (unpaired) electrons. The van der Waals surface area contributed by atoms with Crippen molar-refractivity contribution in [3.63, 3.8) is 0 Å². The molecule has 1 N–H and O–H groups in total. The van der Waals surface area contributed by atoms with Gasteiger partial charge in [0.25, 0.3) is 0 Å². The first-order valence-electron chi connectivity index (χ1n) is 7.66. The highest BCUT2D eigenvalue weighted by atomic mass is 19.1. The van der Waals surface area contributed by atoms with E-state index in [1.165, 1.54) is 6.08 Å². The number of imidazole rings is 1. The second-order valence-electron chi connectivity index (χ2n) is 5.44. The van der Waals surface area contributed by atoms with Crippen molar-refractivity contribution in [3.8, 4) is 0 Å². The number of carboxylic acids is 1. The van der Waals surface area contributed by atoms with Crippen molar-refractivity contribution in [3.05, 3.63) is 95.9 Å². The predicted octanol–water partition coefficient (Wildman–Crippen LogP) is 4.65. The van der Waals surface area contributed by atoms with Crippen LogP contribution in [0.25, 0.3) is 6.08 Å². The molecule has 0 aliphatic carbocycles. The molecule has 2 aromatic rings. The molecule has 0 unspecified atom stereocenters. The highest BCUT2D eigenvalue weighted by molar-refractivity contribution is 5.88. The third-order valence-electron chi connectivity index (χ3n) is 3.58. The summed E-state index contributed by atoms with van der Waals surface area (Å²) in [5, 5.41) is 9.13. The maximum absolute atomic E-state index is 13.3. The lowest BCUT2D eigenvalue weighted by atomic mass is 10.0. The number of allylic oxidation sites excluding steroid dienone is 6. The van der Waals surface area contributed by atoms with Gasteiger partial charge in [0.2, 0.25) is 0 Å². The lowest BCUT2D eigenvalue weighted by Gasteiger charge is -2.10. The van der Waals surface area contributed by atoms with Gasteiger partial charge in [0.05, 0.1) is 11.9 Å². The van der Waals surface area contributed by atoms with E-state index in [9.17, 15) is 9.18 Å². The molecular formula is C20H19FN2O2. The van der Waals surface area contributed by atoms with Gasteiger partial charge in [-0.25, -0.2) is 14.2 Å². The topological polar surface area (TPSA) is 55.1 Å². The summed E-state index contributed by atoms with van der Waals surface area (Å²) in [5.41, 5.74) is 2.74. The number of aromatic carboxylic acids is 1. The first-order chi connectivity index (χ1) is 12.0. The second kappa shape index (κ2) is 8.59. The molecule has 4 nitrogen and oxygen atoms in total. The van der Waals surface area contributed by atoms with Gasteiger partial charge in [0.15, 0.2) is 0 Å². The molecule has 128 valence electrons. The first kappa shape index (κ1) is 18.1. The Hall–Kier alpha value is -3.21. The smallest absolute Gasteiger partial charge is 0.335 e. The van der Waals surface area contributed by atoms with Crippen LogP contribution in [-0.2, 0) is 6.54 Å². The summed E-state index contributed by atoms with van der Waals surface area (Å²) in [5.74, 6) is -1.40. The molecule has 0 aliphatic heterocycles. The van der Waals surface area contributed by atoms with Crippen molar-refractivity contribution >= 4 is 12.0 Å². The van der Waals surface area contributed by atoms with Crippen LogP contribution in [0.1, 0.15) is 22.8 Å². The van der Waals surface area contributed by atoms with E-state index in [0.717, 1.165) is 22.8 Å². The van der Waals surface area contributed by atoms with Gasteiger partial charge in [-0.05, 0) is 54.0 Å². The molecule has 1 aromatic heterocycles. The van der Waals surface area contributed by atoms with Crippen molar-refractivity contribution in [2.45, 2.75) is 13.5 Å². The van der Waals surface area contributed by atoms with E-state index < -0.39 is 11.8 Å². The Labute approximate surface area is 146 Å². The van der Waals surface area contributed by atoms with Crippen LogP contribution in [0.5, 0.6) is 0 Å². The Morgan fingerprint density at radius 2 is 2.20 bits per heavy atom. The summed E-state index contributed by atoms with van der Waals surface area (Å²) in [7, 11) is 0. The molecule has 0 fully saturated rings. The average molecular weight is 338 g/mol. The lowest BCUT2D eigenvalue weighted by Crippen LogP contribution is -2.00. The van der Waals surface area contributed by atoms with Gasteiger partial charge >= 0.3 is 5.97 Å². The van der Waals surface area contributed by atoms with E-state index in [1.807, 2.05) is 29.8 Å². The SMILES string of the molecule is C=C\C(F)=C/C=C(C)/C(=C\c1cccc(C(=O)O)c1)Cn1ccnc1. The van der Waals surface area contributed by atoms with Crippen LogP contribution < -0.4 is 0 Å². The number of aromatic nitrogens is 2. The molecule has 2 rings (SSSR count). The summed E-state index contributed by atoms with van der Waals surface area (Å²) in [4.78, 5) is 15.2. The molecule has 25 heavy (non-hydrogen) atoms. The van der Waals surface area contributed by atoms with Gasteiger partial charge in [0, 0.05) is 18.9 Å². The fourth-order valence-electron chi connectivity index (χ4n) is 2.20. The van der Waals surface area contributed by atoms with Gasteiger partial charge in [-0.1, -0.05) is 24.8 Å². The molecular weight excluding hydrogens is 319 g/mol. The number of hydrogen-bond donors (Lipinski definition) is 1. The highest BCUT2D eigenvalue weighted by Crippen LogP contribution is 2.18. The molecule has 0 spiro atoms. The molecule has 5 heteroatoms. The largest absolute Gasteiger partial charge is 0.478 e. The molecule has 1 heterocycles. The Morgan fingerprint density at radius 1 is 1.40 bits per heavy atom. The fourth-order valence-corrected chi connectivity index (χ4v) is 2.20. The number of halogens is 1. The van der Waals surface area contributed by atoms with Crippen molar-refractivity contribution < 1.29 is 14.3 Å². The molecule has 0 saturated carbocycles. The number of rotatable bonds is 7. The van der Waals surface area contributed by atoms with Crippen molar-refractivity contribution in [1.82, 2.24) is 9.55 Å². The van der Waals surface area contributed by atoms with Crippen LogP contribution in [0.15, 0.2) is 84.8 Å². The van der Waals surface area contributed by atoms with Crippen molar-refractivity contribution in [2.75, 3.05) is 0 Å². The number of carboxylic acid groups (broad SMARTS) is 1. The van der Waals surface area contributed by atoms with Gasteiger partial charge in [-0.2, -0.15) is 0 Å². The minimum Gasteiger partial charge on any atom is -0.478 e. The van der Waals surface area contributed by atoms with E-state index in [-0.39, 0.29) is 5.56 Å². The van der Waals surface area contributed by atoms with Gasteiger partial charge < -0.3 is 9.67 Å². The number of carbonyl (C=O) groups is 1. The van der Waals surface area contributed by atoms with Crippen LogP contribution in [0.3, 0.4) is 0 Å². The van der Waals surface area contributed by atoms with E-state index >= 15 is 0 Å². The minimum absolute atomic E-state index is 0.218. The molecule has 0 amide bonds. The van der Waals surface area contributed by atoms with E-state index in [0.29, 0.717) is 6.54 Å². The molecule has 1 aromatic carbocycles. The Balaban J connectivity index is 2.41. The zero-order valence-electron chi connectivity index (χ0n) is 13.9. The average Bonchev–Trinajstić information content (AvgIpc) is 3.12. The Morgan fingerprint density at radius 3 is 2.84 bits per heavy atom. The highest BCUT2D eigenvalue weighted by Gasteiger charge is 2.05. The quantitative estimate of drug-likeness (QED) is 0.748. The van der Waals surface area contributed by atoms with Crippen molar-refractivity contribution in [1.29, 1.82) is 0 Å². The van der Waals surface area contributed by atoms with Crippen LogP contribution in [-0.4, -0.2) is 20.6 Å². The van der Waals surface area contributed by atoms with Crippen LogP contribution in [0.4, 0.5) is 4.39 Å². The number of hydrogen-bond acceptors (Lipinski definition) is 2. The fraction of sp³-hybridized carbons (Fsp3) is 0.100. The third-order valence-corrected chi connectivity index (χ3v) is 3.58. The Bertz CT molecular complexity index is 846. The molecule has 0 atom stereocenters. The van der Waals surface area contributed by atoms with E-state index in [2.05, 4.69) is 11.6 Å². The van der Waals surface area contributed by atoms with E-state index in [1.54, 1.807) is 36.8 Å². The van der Waals surface area contributed by atoms with Crippen LogP contribution in [0, 0.1) is 0 Å². The minimum atomic E-state index is -0.977. The maximum Gasteiger partial charge on any atom is 0.335 e.